The van der Waals surface area contributed by atoms with E-state index in [0.717, 1.165) is 0 Å². The molecule has 0 saturated carbocycles. The van der Waals surface area contributed by atoms with Crippen LogP contribution in [0.1, 0.15) is 0 Å². The van der Waals surface area contributed by atoms with Crippen LogP contribution in [0.15, 0.2) is 0 Å². The maximum Gasteiger partial charge on any atom is 0.316 e. The minimum Gasteiger partial charge on any atom is -0.412 e. The van der Waals surface area contributed by atoms with Crippen molar-refractivity contribution in [2.45, 2.75) is 0 Å². The number of rotatable bonds is 0. The fourth-order valence-corrected chi connectivity index (χ4v) is 0. The summed E-state index contributed by atoms with van der Waals surface area (Å²) < 4.78 is 22.8. The fourth-order valence-electron chi connectivity index (χ4n) is 0. The Morgan fingerprint density at radius 1 is 1.33 bits per heavy atom. The average molecular weight is 126 g/mol. The molecule has 0 spiro atoms. The van der Waals surface area contributed by atoms with E-state index in [0.29, 0.717) is 0 Å². The molecule has 0 unspecified atom stereocenters. The molecule has 0 atom stereocenters. The van der Waals surface area contributed by atoms with Gasteiger partial charge in [0.15, 0.2) is 0 Å². The third-order valence-electron chi connectivity index (χ3n) is 0. The van der Waals surface area contributed by atoms with Crippen molar-refractivity contribution in [2.75, 3.05) is 0 Å². The van der Waals surface area contributed by atoms with Crippen LogP contribution in [0.4, 0.5) is 0 Å². The molecule has 38 valence electrons. The van der Waals surface area contributed by atoms with Crippen molar-refractivity contribution in [3.05, 3.63) is 0 Å². The van der Waals surface area contributed by atoms with E-state index >= 15 is 0 Å². The largest absolute Gasteiger partial charge is 0.412 e. The molecule has 0 aromatic carbocycles. The summed E-state index contributed by atoms with van der Waals surface area (Å²) >= 11 is -2.61. The summed E-state index contributed by atoms with van der Waals surface area (Å²) in [5.41, 5.74) is 0. The lowest BCUT2D eigenvalue weighted by molar-refractivity contribution is 0.454. The summed E-state index contributed by atoms with van der Waals surface area (Å²) in [6.07, 6.45) is 0. The van der Waals surface area contributed by atoms with Crippen molar-refractivity contribution >= 4 is 34.4 Å². The van der Waals surface area contributed by atoms with Gasteiger partial charge in [0, 0.05) is 0 Å². The molecule has 0 aliphatic rings. The lowest BCUT2D eigenvalue weighted by atomic mass is 15.8. The van der Waals surface area contributed by atoms with Gasteiger partial charge in [0.25, 0.3) is 11.4 Å². The Hall–Kier alpha value is 0.796. The van der Waals surface area contributed by atoms with Crippen LogP contribution in [0.25, 0.3) is 0 Å². The van der Waals surface area contributed by atoms with Gasteiger partial charge in [-0.1, -0.05) is 0 Å². The molecule has 0 radical (unpaired) electrons. The van der Waals surface area contributed by atoms with E-state index in [1.807, 2.05) is 0 Å². The first kappa shape index (κ1) is 15.8. The minimum absolute atomic E-state index is 0. The molecule has 4 nitrogen and oxygen atoms in total. The smallest absolute Gasteiger partial charge is 0.316 e. The van der Waals surface area contributed by atoms with Gasteiger partial charge < -0.3 is 5.48 Å². The second-order valence-corrected chi connectivity index (χ2v) is 0.692. The van der Waals surface area contributed by atoms with Crippen molar-refractivity contribution in [3.8, 4) is 0 Å². The topological polar surface area (TPSA) is 89.0 Å². The third kappa shape index (κ3) is 109. The van der Waals surface area contributed by atoms with E-state index in [9.17, 15) is 0 Å². The van der Waals surface area contributed by atoms with Gasteiger partial charge in [-0.25, -0.2) is 0 Å². The molecule has 0 fully saturated rings. The van der Waals surface area contributed by atoms with Gasteiger partial charge in [-0.3, -0.25) is 9.11 Å². The van der Waals surface area contributed by atoms with Crippen molar-refractivity contribution < 1.29 is 18.8 Å². The molecule has 0 rings (SSSR count). The Kier molecular flexibility index (Phi) is 24.4. The molecule has 4 N–H and O–H groups in total. The molecule has 6 heteroatoms. The molecule has 0 aromatic rings. The van der Waals surface area contributed by atoms with Crippen LogP contribution in [0, 0.1) is 0 Å². The maximum absolute atomic E-state index is 8.67. The lowest BCUT2D eigenvalue weighted by Crippen LogP contribution is -1.74. The Morgan fingerprint density at radius 2 is 1.33 bits per heavy atom. The van der Waals surface area contributed by atoms with Gasteiger partial charge in [-0.2, -0.15) is 4.21 Å². The number of hydrogen-bond donors (Lipinski definition) is 2. The zero-order valence-electron chi connectivity index (χ0n) is 2.21. The molecule has 0 aliphatic heterocycles. The summed E-state index contributed by atoms with van der Waals surface area (Å²) in [6.45, 7) is 0. The Bertz CT molecular complexity index is 30.5. The van der Waals surface area contributed by atoms with E-state index in [-0.39, 0.29) is 28.5 Å². The van der Waals surface area contributed by atoms with Crippen LogP contribution in [0.5, 0.6) is 0 Å². The highest BCUT2D eigenvalue weighted by molar-refractivity contribution is 7.73. The molecular weight excluding hydrogens is 120 g/mol. The molecule has 0 saturated heterocycles. The summed E-state index contributed by atoms with van der Waals surface area (Å²) in [5, 5.41) is 0. The summed E-state index contributed by atoms with van der Waals surface area (Å²) in [6, 6.07) is 0. The van der Waals surface area contributed by atoms with Gasteiger partial charge in [-0.15, -0.1) is 0 Å². The minimum atomic E-state index is -2.61. The quantitative estimate of drug-likeness (QED) is 0.289. The highest BCUT2D eigenvalue weighted by atomic mass is 32.2. The lowest BCUT2D eigenvalue weighted by Gasteiger charge is -1.59. The van der Waals surface area contributed by atoms with Crippen molar-refractivity contribution in [1.29, 1.82) is 0 Å². The third-order valence-corrected chi connectivity index (χ3v) is 0. The zero-order chi connectivity index (χ0) is 3.58. The predicted molar refractivity (Wildman–Crippen MR) is 25.6 cm³/mol. The second-order valence-electron chi connectivity index (χ2n) is 0.231. The Morgan fingerprint density at radius 3 is 1.33 bits per heavy atom. The molecule has 0 aliphatic carbocycles. The van der Waals surface area contributed by atoms with Crippen LogP contribution in [-0.4, -0.2) is 41.8 Å². The molecule has 0 heterocycles. The van der Waals surface area contributed by atoms with Crippen LogP contribution in [-0.2, 0) is 11.4 Å². The molecule has 0 aromatic heterocycles. The highest BCUT2D eigenvalue weighted by Crippen LogP contribution is 1.44. The average Bonchev–Trinajstić information content (AvgIpc) is 0.811. The summed E-state index contributed by atoms with van der Waals surface area (Å²) in [7, 11) is 0. The Balaban J connectivity index is -0.0000000450. The summed E-state index contributed by atoms with van der Waals surface area (Å²) in [5.74, 6) is 0. The summed E-state index contributed by atoms with van der Waals surface area (Å²) in [4.78, 5) is 0. The standard InChI is InChI=1S/Mg.H2O3S.H2O.2H/c;1-4(2)3;;;/h;(H2,1,2,3);1H2;;. The molecule has 0 bridgehead atoms. The first-order valence-electron chi connectivity index (χ1n) is 0.532. The maximum atomic E-state index is 8.67. The van der Waals surface area contributed by atoms with Crippen molar-refractivity contribution in [2.24, 2.45) is 0 Å². The van der Waals surface area contributed by atoms with E-state index < -0.39 is 11.4 Å². The number of hydrogen-bond acceptors (Lipinski definition) is 1. The zero-order valence-corrected chi connectivity index (χ0v) is 3.03. The van der Waals surface area contributed by atoms with Gasteiger partial charge in [0.1, 0.15) is 0 Å². The fraction of sp³-hybridized carbons (Fsp3) is 0. The second kappa shape index (κ2) is 9.25. The predicted octanol–water partition coefficient (Wildman–Crippen LogP) is -2.06. The van der Waals surface area contributed by atoms with E-state index in [1.165, 1.54) is 0 Å². The van der Waals surface area contributed by atoms with Crippen LogP contribution in [0.3, 0.4) is 0 Å². The first-order chi connectivity index (χ1) is 1.73. The Labute approximate surface area is 53.5 Å². The monoisotopic (exact) mass is 126 g/mol. The molecular formula is H6MgO4S. The van der Waals surface area contributed by atoms with E-state index in [4.69, 9.17) is 13.3 Å². The van der Waals surface area contributed by atoms with Gasteiger partial charge >= 0.3 is 23.1 Å². The van der Waals surface area contributed by atoms with E-state index in [2.05, 4.69) is 0 Å². The van der Waals surface area contributed by atoms with Crippen molar-refractivity contribution in [3.63, 3.8) is 0 Å². The van der Waals surface area contributed by atoms with Crippen LogP contribution in [0.2, 0.25) is 0 Å². The van der Waals surface area contributed by atoms with Crippen LogP contribution < -0.4 is 0 Å². The highest BCUT2D eigenvalue weighted by Gasteiger charge is 1.62. The van der Waals surface area contributed by atoms with Gasteiger partial charge in [0.2, 0.25) is 0 Å². The van der Waals surface area contributed by atoms with E-state index in [1.54, 1.807) is 0 Å². The van der Waals surface area contributed by atoms with Crippen molar-refractivity contribution in [1.82, 2.24) is 0 Å². The first-order valence-corrected chi connectivity index (χ1v) is 1.60. The van der Waals surface area contributed by atoms with Gasteiger partial charge in [0.05, 0.1) is 0 Å². The van der Waals surface area contributed by atoms with Crippen LogP contribution >= 0.6 is 0 Å². The molecule has 0 amide bonds. The normalized spacial score (nSPS) is 5.83. The SMILES string of the molecule is O.O=S(O)O.[MgH2]. The van der Waals surface area contributed by atoms with Gasteiger partial charge in [-0.05, 0) is 0 Å². The molecule has 6 heavy (non-hydrogen) atoms.